The number of nitrogens with zero attached hydrogens (tertiary/aromatic N) is 1. The van der Waals surface area contributed by atoms with Crippen molar-refractivity contribution >= 4 is 11.6 Å². The van der Waals surface area contributed by atoms with E-state index in [0.29, 0.717) is 0 Å². The van der Waals surface area contributed by atoms with Crippen LogP contribution in [0.4, 0.5) is 5.69 Å². The van der Waals surface area contributed by atoms with Crippen molar-refractivity contribution < 1.29 is 4.79 Å². The fraction of sp³-hybridized carbons (Fsp3) is 0.588. The summed E-state index contributed by atoms with van der Waals surface area (Å²) in [6.45, 7) is 6.83. The number of carbonyl (C=O) groups is 1. The van der Waals surface area contributed by atoms with Gasteiger partial charge >= 0.3 is 0 Å². The Labute approximate surface area is 128 Å². The van der Waals surface area contributed by atoms with Crippen molar-refractivity contribution in [1.82, 2.24) is 10.2 Å². The number of amides is 1. The summed E-state index contributed by atoms with van der Waals surface area (Å²) in [5.74, 6) is 0.0125. The molecule has 1 rings (SSSR count). The predicted octanol–water partition coefficient (Wildman–Crippen LogP) is 2.89. The molecule has 2 N–H and O–H groups in total. The van der Waals surface area contributed by atoms with E-state index in [1.54, 1.807) is 0 Å². The second-order valence-electron chi connectivity index (χ2n) is 5.74. The van der Waals surface area contributed by atoms with Crippen molar-refractivity contribution in [2.75, 3.05) is 39.0 Å². The molecule has 0 aromatic heterocycles. The van der Waals surface area contributed by atoms with Crippen LogP contribution in [0.1, 0.15) is 42.1 Å². The Morgan fingerprint density at radius 2 is 1.95 bits per heavy atom. The number of nitrogens with one attached hydrogen (secondary N) is 2. The van der Waals surface area contributed by atoms with Crippen LogP contribution in [0, 0.1) is 6.92 Å². The quantitative estimate of drug-likeness (QED) is 0.688. The molecule has 0 heterocycles. The van der Waals surface area contributed by atoms with Gasteiger partial charge in [-0.25, -0.2) is 0 Å². The van der Waals surface area contributed by atoms with Gasteiger partial charge in [0, 0.05) is 18.8 Å². The number of hydrogen-bond acceptors (Lipinski definition) is 3. The molecule has 0 saturated heterocycles. The first-order valence-electron chi connectivity index (χ1n) is 7.82. The van der Waals surface area contributed by atoms with E-state index in [1.165, 1.54) is 0 Å². The fourth-order valence-corrected chi connectivity index (χ4v) is 2.11. The van der Waals surface area contributed by atoms with Crippen LogP contribution in [-0.4, -0.2) is 44.5 Å². The molecule has 1 aromatic carbocycles. The molecule has 0 radical (unpaired) electrons. The zero-order valence-corrected chi connectivity index (χ0v) is 13.8. The molecule has 0 fully saturated rings. The maximum Gasteiger partial charge on any atom is 0.253 e. The molecule has 0 bridgehead atoms. The average molecular weight is 291 g/mol. The predicted molar refractivity (Wildman–Crippen MR) is 90.1 cm³/mol. The average Bonchev–Trinajstić information content (AvgIpc) is 2.44. The fourth-order valence-electron chi connectivity index (χ4n) is 2.11. The third-order valence-electron chi connectivity index (χ3n) is 3.30. The summed E-state index contributed by atoms with van der Waals surface area (Å²) in [7, 11) is 4.13. The molecule has 0 unspecified atom stereocenters. The Morgan fingerprint density at radius 1 is 1.19 bits per heavy atom. The number of anilines is 1. The van der Waals surface area contributed by atoms with E-state index in [2.05, 4.69) is 36.6 Å². The summed E-state index contributed by atoms with van der Waals surface area (Å²) in [5, 5.41) is 6.35. The van der Waals surface area contributed by atoms with Crippen LogP contribution < -0.4 is 10.6 Å². The van der Waals surface area contributed by atoms with Gasteiger partial charge in [-0.1, -0.05) is 13.0 Å². The monoisotopic (exact) mass is 291 g/mol. The Hall–Kier alpha value is -1.55. The highest BCUT2D eigenvalue weighted by atomic mass is 16.1. The van der Waals surface area contributed by atoms with Gasteiger partial charge in [-0.15, -0.1) is 0 Å². The van der Waals surface area contributed by atoms with Gasteiger partial charge in [0.2, 0.25) is 0 Å². The standard InChI is InChI=1S/C17H29N3O/c1-5-10-18-16-13-14(2)8-9-15(16)17(21)19-11-6-7-12-20(3)4/h8-9,13,18H,5-7,10-12H2,1-4H3,(H,19,21). The summed E-state index contributed by atoms with van der Waals surface area (Å²) < 4.78 is 0. The first kappa shape index (κ1) is 17.5. The number of aryl methyl sites for hydroxylation is 1. The normalized spacial score (nSPS) is 10.7. The minimum atomic E-state index is 0.0125. The van der Waals surface area contributed by atoms with Crippen molar-refractivity contribution in [2.24, 2.45) is 0 Å². The molecule has 4 nitrogen and oxygen atoms in total. The molecular weight excluding hydrogens is 262 g/mol. The van der Waals surface area contributed by atoms with E-state index < -0.39 is 0 Å². The zero-order chi connectivity index (χ0) is 15.7. The lowest BCUT2D eigenvalue weighted by atomic mass is 10.1. The third-order valence-corrected chi connectivity index (χ3v) is 3.30. The first-order chi connectivity index (χ1) is 10.0. The lowest BCUT2D eigenvalue weighted by Gasteiger charge is -2.13. The van der Waals surface area contributed by atoms with E-state index in [9.17, 15) is 4.79 Å². The van der Waals surface area contributed by atoms with E-state index in [4.69, 9.17) is 0 Å². The molecule has 0 aliphatic rings. The molecule has 0 atom stereocenters. The summed E-state index contributed by atoms with van der Waals surface area (Å²) in [6, 6.07) is 5.93. The van der Waals surface area contributed by atoms with Crippen LogP contribution in [-0.2, 0) is 0 Å². The number of rotatable bonds is 9. The van der Waals surface area contributed by atoms with Crippen LogP contribution in [0.3, 0.4) is 0 Å². The summed E-state index contributed by atoms with van der Waals surface area (Å²) in [4.78, 5) is 14.4. The van der Waals surface area contributed by atoms with Gasteiger partial charge in [0.1, 0.15) is 0 Å². The van der Waals surface area contributed by atoms with E-state index in [0.717, 1.165) is 55.7 Å². The van der Waals surface area contributed by atoms with Crippen molar-refractivity contribution in [3.8, 4) is 0 Å². The Bertz CT molecular complexity index is 444. The van der Waals surface area contributed by atoms with Gasteiger partial charge in [-0.2, -0.15) is 0 Å². The van der Waals surface area contributed by atoms with Gasteiger partial charge in [-0.3, -0.25) is 4.79 Å². The second-order valence-corrected chi connectivity index (χ2v) is 5.74. The van der Waals surface area contributed by atoms with Crippen LogP contribution in [0.5, 0.6) is 0 Å². The first-order valence-corrected chi connectivity index (χ1v) is 7.82. The van der Waals surface area contributed by atoms with Crippen molar-refractivity contribution in [2.45, 2.75) is 33.1 Å². The smallest absolute Gasteiger partial charge is 0.253 e. The molecule has 21 heavy (non-hydrogen) atoms. The summed E-state index contributed by atoms with van der Waals surface area (Å²) in [6.07, 6.45) is 3.15. The Balaban J connectivity index is 2.52. The summed E-state index contributed by atoms with van der Waals surface area (Å²) in [5.41, 5.74) is 2.83. The van der Waals surface area contributed by atoms with Crippen molar-refractivity contribution in [3.63, 3.8) is 0 Å². The Morgan fingerprint density at radius 3 is 2.62 bits per heavy atom. The molecule has 4 heteroatoms. The van der Waals surface area contributed by atoms with Gasteiger partial charge in [0.05, 0.1) is 5.56 Å². The maximum absolute atomic E-state index is 12.3. The third kappa shape index (κ3) is 6.63. The minimum Gasteiger partial charge on any atom is -0.384 e. The van der Waals surface area contributed by atoms with E-state index in [-0.39, 0.29) is 5.91 Å². The Kier molecular flexibility index (Phi) is 7.83. The van der Waals surface area contributed by atoms with Crippen molar-refractivity contribution in [3.05, 3.63) is 29.3 Å². The molecule has 118 valence electrons. The van der Waals surface area contributed by atoms with Gasteiger partial charge in [0.15, 0.2) is 0 Å². The largest absolute Gasteiger partial charge is 0.384 e. The molecular formula is C17H29N3O. The van der Waals surface area contributed by atoms with Crippen LogP contribution >= 0.6 is 0 Å². The molecule has 0 aliphatic heterocycles. The highest BCUT2D eigenvalue weighted by Crippen LogP contribution is 2.17. The number of carbonyl (C=O) groups excluding carboxylic acids is 1. The number of benzene rings is 1. The van der Waals surface area contributed by atoms with Crippen molar-refractivity contribution in [1.29, 1.82) is 0 Å². The maximum atomic E-state index is 12.3. The lowest BCUT2D eigenvalue weighted by molar-refractivity contribution is 0.0953. The zero-order valence-electron chi connectivity index (χ0n) is 13.8. The topological polar surface area (TPSA) is 44.4 Å². The van der Waals surface area contributed by atoms with E-state index in [1.807, 2.05) is 25.1 Å². The second kappa shape index (κ2) is 9.40. The SMILES string of the molecule is CCCNc1cc(C)ccc1C(=O)NCCCCN(C)C. The molecule has 1 aromatic rings. The number of unbranched alkanes of at least 4 members (excludes halogenated alkanes) is 1. The van der Waals surface area contributed by atoms with Gasteiger partial charge in [-0.05, 0) is 64.5 Å². The highest BCUT2D eigenvalue weighted by Gasteiger charge is 2.10. The molecule has 0 aliphatic carbocycles. The van der Waals surface area contributed by atoms with Gasteiger partial charge in [0.25, 0.3) is 5.91 Å². The minimum absolute atomic E-state index is 0.0125. The lowest BCUT2D eigenvalue weighted by Crippen LogP contribution is -2.26. The summed E-state index contributed by atoms with van der Waals surface area (Å²) >= 11 is 0. The van der Waals surface area contributed by atoms with Crippen LogP contribution in [0.2, 0.25) is 0 Å². The molecule has 1 amide bonds. The molecule has 0 saturated carbocycles. The number of hydrogen-bond donors (Lipinski definition) is 2. The van der Waals surface area contributed by atoms with Crippen LogP contribution in [0.25, 0.3) is 0 Å². The van der Waals surface area contributed by atoms with Gasteiger partial charge < -0.3 is 15.5 Å². The van der Waals surface area contributed by atoms with Crippen LogP contribution in [0.15, 0.2) is 18.2 Å². The van der Waals surface area contributed by atoms with E-state index >= 15 is 0 Å². The highest BCUT2D eigenvalue weighted by molar-refractivity contribution is 5.99. The molecule has 0 spiro atoms.